The van der Waals surface area contributed by atoms with E-state index in [9.17, 15) is 0 Å². The van der Waals surface area contributed by atoms with Crippen molar-refractivity contribution in [1.82, 2.24) is 10.4 Å². The van der Waals surface area contributed by atoms with Gasteiger partial charge in [-0.3, -0.25) is 10.8 Å². The highest BCUT2D eigenvalue weighted by atomic mass is 15.2. The van der Waals surface area contributed by atoms with Gasteiger partial charge < -0.3 is 0 Å². The van der Waals surface area contributed by atoms with E-state index < -0.39 is 0 Å². The summed E-state index contributed by atoms with van der Waals surface area (Å²) in [4.78, 5) is 4.33. The third kappa shape index (κ3) is 2.42. The molecule has 1 aromatic carbocycles. The molecular weight excluding hydrogens is 222 g/mol. The van der Waals surface area contributed by atoms with E-state index in [2.05, 4.69) is 48.5 Å². The summed E-state index contributed by atoms with van der Waals surface area (Å²) in [5.74, 6) is 5.73. The Labute approximate surface area is 108 Å². The number of benzene rings is 1. The Morgan fingerprint density at radius 1 is 1.11 bits per heavy atom. The minimum absolute atomic E-state index is 0.0145. The molecule has 1 heterocycles. The standard InChI is InChI=1S/C15H19N3/c1-10-6-7-13(11(2)9-10)15(18-16)14-5-4-8-17-12(14)3/h4-9,15,18H,16H2,1-3H3. The zero-order valence-corrected chi connectivity index (χ0v) is 11.1. The summed E-state index contributed by atoms with van der Waals surface area (Å²) < 4.78 is 0. The molecule has 2 aromatic rings. The molecular formula is C15H19N3. The van der Waals surface area contributed by atoms with Gasteiger partial charge in [-0.25, -0.2) is 5.43 Å². The number of hydrazine groups is 1. The van der Waals surface area contributed by atoms with Crippen molar-refractivity contribution in [3.05, 3.63) is 64.5 Å². The van der Waals surface area contributed by atoms with Gasteiger partial charge in [0.15, 0.2) is 0 Å². The SMILES string of the molecule is Cc1ccc(C(NN)c2cccnc2C)c(C)c1. The van der Waals surface area contributed by atoms with Crippen molar-refractivity contribution in [1.29, 1.82) is 0 Å². The Kier molecular flexibility index (Phi) is 3.75. The fourth-order valence-electron chi connectivity index (χ4n) is 2.30. The lowest BCUT2D eigenvalue weighted by Crippen LogP contribution is -2.30. The van der Waals surface area contributed by atoms with Crippen LogP contribution in [0.1, 0.15) is 34.0 Å². The van der Waals surface area contributed by atoms with Crippen molar-refractivity contribution in [2.75, 3.05) is 0 Å². The number of aryl methyl sites for hydroxylation is 3. The molecule has 0 aliphatic rings. The van der Waals surface area contributed by atoms with Crippen molar-refractivity contribution in [2.24, 2.45) is 5.84 Å². The van der Waals surface area contributed by atoms with E-state index in [1.807, 2.05) is 13.0 Å². The summed E-state index contributed by atoms with van der Waals surface area (Å²) in [5.41, 5.74) is 8.70. The third-order valence-electron chi connectivity index (χ3n) is 3.26. The van der Waals surface area contributed by atoms with Gasteiger partial charge in [0, 0.05) is 11.9 Å². The Morgan fingerprint density at radius 2 is 1.89 bits per heavy atom. The van der Waals surface area contributed by atoms with Crippen molar-refractivity contribution >= 4 is 0 Å². The van der Waals surface area contributed by atoms with Gasteiger partial charge in [0.2, 0.25) is 0 Å². The summed E-state index contributed by atoms with van der Waals surface area (Å²) in [7, 11) is 0. The number of aromatic nitrogens is 1. The van der Waals surface area contributed by atoms with E-state index in [1.54, 1.807) is 6.20 Å². The minimum Gasteiger partial charge on any atom is -0.271 e. The second-order valence-corrected chi connectivity index (χ2v) is 4.64. The van der Waals surface area contributed by atoms with Crippen molar-refractivity contribution in [3.8, 4) is 0 Å². The molecule has 94 valence electrons. The summed E-state index contributed by atoms with van der Waals surface area (Å²) in [6, 6.07) is 10.4. The molecule has 2 rings (SSSR count). The van der Waals surface area contributed by atoms with E-state index in [0.29, 0.717) is 0 Å². The molecule has 0 saturated carbocycles. The molecule has 1 unspecified atom stereocenters. The topological polar surface area (TPSA) is 50.9 Å². The van der Waals surface area contributed by atoms with Gasteiger partial charge in [-0.05, 0) is 43.5 Å². The second kappa shape index (κ2) is 5.29. The van der Waals surface area contributed by atoms with Crippen molar-refractivity contribution in [3.63, 3.8) is 0 Å². The normalized spacial score (nSPS) is 12.4. The molecule has 0 fully saturated rings. The van der Waals surface area contributed by atoms with Crippen LogP contribution in [-0.2, 0) is 0 Å². The molecule has 0 bridgehead atoms. The van der Waals surface area contributed by atoms with Crippen LogP contribution in [-0.4, -0.2) is 4.98 Å². The predicted molar refractivity (Wildman–Crippen MR) is 74.1 cm³/mol. The van der Waals surface area contributed by atoms with Crippen LogP contribution in [0.15, 0.2) is 36.5 Å². The highest BCUT2D eigenvalue weighted by Crippen LogP contribution is 2.26. The Balaban J connectivity index is 2.49. The average molecular weight is 241 g/mol. The molecule has 0 radical (unpaired) electrons. The number of rotatable bonds is 3. The zero-order valence-electron chi connectivity index (χ0n) is 11.1. The number of pyridine rings is 1. The van der Waals surface area contributed by atoms with Crippen LogP contribution in [0, 0.1) is 20.8 Å². The van der Waals surface area contributed by atoms with Gasteiger partial charge in [0.25, 0.3) is 0 Å². The highest BCUT2D eigenvalue weighted by molar-refractivity contribution is 5.39. The lowest BCUT2D eigenvalue weighted by Gasteiger charge is -2.20. The van der Waals surface area contributed by atoms with Gasteiger partial charge in [-0.1, -0.05) is 29.8 Å². The lowest BCUT2D eigenvalue weighted by atomic mass is 9.93. The third-order valence-corrected chi connectivity index (χ3v) is 3.26. The molecule has 0 aliphatic carbocycles. The Morgan fingerprint density at radius 3 is 2.50 bits per heavy atom. The fourth-order valence-corrected chi connectivity index (χ4v) is 2.30. The van der Waals surface area contributed by atoms with E-state index in [4.69, 9.17) is 5.84 Å². The van der Waals surface area contributed by atoms with E-state index in [1.165, 1.54) is 16.7 Å². The molecule has 3 nitrogen and oxygen atoms in total. The minimum atomic E-state index is -0.0145. The van der Waals surface area contributed by atoms with Crippen molar-refractivity contribution < 1.29 is 0 Å². The molecule has 18 heavy (non-hydrogen) atoms. The smallest absolute Gasteiger partial charge is 0.0730 e. The van der Waals surface area contributed by atoms with Gasteiger partial charge >= 0.3 is 0 Å². The quantitative estimate of drug-likeness (QED) is 0.641. The molecule has 0 saturated heterocycles. The predicted octanol–water partition coefficient (Wildman–Crippen LogP) is 2.56. The first-order valence-electron chi connectivity index (χ1n) is 6.08. The summed E-state index contributed by atoms with van der Waals surface area (Å²) >= 11 is 0. The maximum absolute atomic E-state index is 5.73. The van der Waals surface area contributed by atoms with Crippen LogP contribution in [0.3, 0.4) is 0 Å². The average Bonchev–Trinajstić information content (AvgIpc) is 2.34. The summed E-state index contributed by atoms with van der Waals surface area (Å²) in [6.07, 6.45) is 1.80. The number of nitrogens with two attached hydrogens (primary N) is 1. The summed E-state index contributed by atoms with van der Waals surface area (Å²) in [5, 5.41) is 0. The molecule has 1 aromatic heterocycles. The van der Waals surface area contributed by atoms with E-state index in [-0.39, 0.29) is 6.04 Å². The van der Waals surface area contributed by atoms with E-state index >= 15 is 0 Å². The van der Waals surface area contributed by atoms with E-state index in [0.717, 1.165) is 11.3 Å². The number of hydrogen-bond donors (Lipinski definition) is 2. The van der Waals surface area contributed by atoms with Crippen LogP contribution in [0.2, 0.25) is 0 Å². The number of nitrogens with zero attached hydrogens (tertiary/aromatic N) is 1. The van der Waals surface area contributed by atoms with Gasteiger partial charge in [0.1, 0.15) is 0 Å². The van der Waals surface area contributed by atoms with Crippen LogP contribution >= 0.6 is 0 Å². The molecule has 0 aliphatic heterocycles. The van der Waals surface area contributed by atoms with Crippen LogP contribution in [0.25, 0.3) is 0 Å². The van der Waals surface area contributed by atoms with Crippen molar-refractivity contribution in [2.45, 2.75) is 26.8 Å². The lowest BCUT2D eigenvalue weighted by molar-refractivity contribution is 0.627. The maximum Gasteiger partial charge on any atom is 0.0730 e. The maximum atomic E-state index is 5.73. The molecule has 0 spiro atoms. The van der Waals surface area contributed by atoms with Crippen LogP contribution in [0.4, 0.5) is 0 Å². The first-order valence-corrected chi connectivity index (χ1v) is 6.08. The molecule has 3 heteroatoms. The van der Waals surface area contributed by atoms with Gasteiger partial charge in [-0.2, -0.15) is 0 Å². The Bertz CT molecular complexity index is 549. The first-order chi connectivity index (χ1) is 8.63. The zero-order chi connectivity index (χ0) is 13.1. The number of hydrogen-bond acceptors (Lipinski definition) is 3. The molecule has 0 amide bonds. The second-order valence-electron chi connectivity index (χ2n) is 4.64. The monoisotopic (exact) mass is 241 g/mol. The molecule has 3 N–H and O–H groups in total. The largest absolute Gasteiger partial charge is 0.271 e. The fraction of sp³-hybridized carbons (Fsp3) is 0.267. The molecule has 1 atom stereocenters. The highest BCUT2D eigenvalue weighted by Gasteiger charge is 2.16. The number of nitrogens with one attached hydrogen (secondary N) is 1. The Hall–Kier alpha value is -1.71. The first kappa shape index (κ1) is 12.7. The summed E-state index contributed by atoms with van der Waals surface area (Å²) in [6.45, 7) is 6.21. The van der Waals surface area contributed by atoms with Gasteiger partial charge in [-0.15, -0.1) is 0 Å². The van der Waals surface area contributed by atoms with Gasteiger partial charge in [0.05, 0.1) is 6.04 Å². The van der Waals surface area contributed by atoms with Crippen LogP contribution < -0.4 is 11.3 Å². The van der Waals surface area contributed by atoms with Crippen LogP contribution in [0.5, 0.6) is 0 Å².